The van der Waals surface area contributed by atoms with Gasteiger partial charge < -0.3 is 9.84 Å². The SMILES string of the molecule is COc1ccc(-n2c(=O)c(N=Nc3ccc(C)cc3)c(O)n(-c3ccccc3Cl)c2=S)cc1. The van der Waals surface area contributed by atoms with Crippen LogP contribution in [0.2, 0.25) is 5.02 Å². The van der Waals surface area contributed by atoms with Crippen molar-refractivity contribution < 1.29 is 9.84 Å². The van der Waals surface area contributed by atoms with Gasteiger partial charge in [0.25, 0.3) is 5.56 Å². The number of aromatic hydroxyl groups is 1. The zero-order valence-corrected chi connectivity index (χ0v) is 19.3. The van der Waals surface area contributed by atoms with E-state index in [4.69, 9.17) is 28.6 Å². The molecule has 33 heavy (non-hydrogen) atoms. The number of halogens is 1. The molecular formula is C24H19ClN4O3S. The first-order valence-corrected chi connectivity index (χ1v) is 10.7. The second-order valence-electron chi connectivity index (χ2n) is 7.12. The van der Waals surface area contributed by atoms with Gasteiger partial charge in [0.2, 0.25) is 11.6 Å². The van der Waals surface area contributed by atoms with Crippen molar-refractivity contribution in [3.8, 4) is 23.0 Å². The fraction of sp³-hybridized carbons (Fsp3) is 0.0833. The average molecular weight is 479 g/mol. The maximum absolute atomic E-state index is 13.4. The zero-order chi connectivity index (χ0) is 23.5. The van der Waals surface area contributed by atoms with Crippen LogP contribution in [0.5, 0.6) is 11.6 Å². The molecule has 1 N–H and O–H groups in total. The third kappa shape index (κ3) is 4.44. The summed E-state index contributed by atoms with van der Waals surface area (Å²) >= 11 is 12.0. The predicted octanol–water partition coefficient (Wildman–Crippen LogP) is 6.45. The summed E-state index contributed by atoms with van der Waals surface area (Å²) < 4.78 is 7.79. The second-order valence-corrected chi connectivity index (χ2v) is 7.89. The summed E-state index contributed by atoms with van der Waals surface area (Å²) in [7, 11) is 1.55. The molecule has 0 fully saturated rings. The lowest BCUT2D eigenvalue weighted by atomic mass is 10.2. The van der Waals surface area contributed by atoms with Crippen LogP contribution < -0.4 is 10.3 Å². The van der Waals surface area contributed by atoms with Crippen LogP contribution >= 0.6 is 23.8 Å². The van der Waals surface area contributed by atoms with Crippen LogP contribution in [-0.4, -0.2) is 21.4 Å². The van der Waals surface area contributed by atoms with Crippen molar-refractivity contribution in [1.29, 1.82) is 0 Å². The number of aryl methyl sites for hydroxylation is 1. The summed E-state index contributed by atoms with van der Waals surface area (Å²) in [5.41, 5.74) is 1.56. The lowest BCUT2D eigenvalue weighted by Gasteiger charge is -2.17. The van der Waals surface area contributed by atoms with Crippen LogP contribution in [0, 0.1) is 11.7 Å². The Balaban J connectivity index is 2.00. The van der Waals surface area contributed by atoms with Crippen LogP contribution in [0.25, 0.3) is 11.4 Å². The molecule has 3 aromatic carbocycles. The molecule has 0 aliphatic carbocycles. The van der Waals surface area contributed by atoms with Gasteiger partial charge in [0.05, 0.1) is 29.2 Å². The number of benzene rings is 3. The van der Waals surface area contributed by atoms with Crippen molar-refractivity contribution in [2.75, 3.05) is 7.11 Å². The second kappa shape index (κ2) is 9.40. The van der Waals surface area contributed by atoms with E-state index >= 15 is 0 Å². The van der Waals surface area contributed by atoms with Gasteiger partial charge in [-0.1, -0.05) is 41.4 Å². The van der Waals surface area contributed by atoms with Crippen molar-refractivity contribution in [2.45, 2.75) is 6.92 Å². The van der Waals surface area contributed by atoms with Crippen LogP contribution in [-0.2, 0) is 0 Å². The Morgan fingerprint density at radius 2 is 1.61 bits per heavy atom. The van der Waals surface area contributed by atoms with Crippen molar-refractivity contribution in [1.82, 2.24) is 9.13 Å². The normalized spacial score (nSPS) is 11.1. The Bertz CT molecular complexity index is 1460. The van der Waals surface area contributed by atoms with Crippen molar-refractivity contribution in [2.24, 2.45) is 10.2 Å². The smallest absolute Gasteiger partial charge is 0.290 e. The highest BCUT2D eigenvalue weighted by Gasteiger charge is 2.20. The number of hydrogen-bond acceptors (Lipinski definition) is 6. The molecule has 0 bridgehead atoms. The summed E-state index contributed by atoms with van der Waals surface area (Å²) in [5, 5.41) is 19.6. The number of nitrogens with zero attached hydrogens (tertiary/aromatic N) is 4. The van der Waals surface area contributed by atoms with E-state index in [2.05, 4.69) is 10.2 Å². The molecule has 0 saturated carbocycles. The van der Waals surface area contributed by atoms with Gasteiger partial charge in [0.1, 0.15) is 5.75 Å². The molecule has 0 radical (unpaired) electrons. The largest absolute Gasteiger partial charge is 0.497 e. The van der Waals surface area contributed by atoms with Crippen LogP contribution in [0.15, 0.2) is 87.8 Å². The maximum atomic E-state index is 13.4. The minimum absolute atomic E-state index is 0.0186. The quantitative estimate of drug-likeness (QED) is 0.264. The molecule has 0 aliphatic rings. The fourth-order valence-corrected chi connectivity index (χ4v) is 3.79. The topological polar surface area (TPSA) is 81.1 Å². The van der Waals surface area contributed by atoms with Gasteiger partial charge in [-0.15, -0.1) is 5.11 Å². The third-order valence-electron chi connectivity index (χ3n) is 4.94. The number of azo groups is 1. The molecule has 166 valence electrons. The van der Waals surface area contributed by atoms with Crippen molar-refractivity contribution in [3.63, 3.8) is 0 Å². The molecule has 4 rings (SSSR count). The summed E-state index contributed by atoms with van der Waals surface area (Å²) in [5.74, 6) is 0.161. The number of hydrogen-bond donors (Lipinski definition) is 1. The number of aromatic nitrogens is 2. The van der Waals surface area contributed by atoms with Gasteiger partial charge in [-0.2, -0.15) is 5.11 Å². The molecule has 0 atom stereocenters. The first kappa shape index (κ1) is 22.4. The number of methoxy groups -OCH3 is 1. The molecular weight excluding hydrogens is 460 g/mol. The summed E-state index contributed by atoms with van der Waals surface area (Å²) in [6.07, 6.45) is 0. The fourth-order valence-electron chi connectivity index (χ4n) is 3.20. The Kier molecular flexibility index (Phi) is 6.39. The first-order valence-electron chi connectivity index (χ1n) is 9.89. The van der Waals surface area contributed by atoms with E-state index < -0.39 is 11.4 Å². The van der Waals surface area contributed by atoms with Crippen molar-refractivity contribution in [3.05, 3.63) is 98.5 Å². The molecule has 0 amide bonds. The average Bonchev–Trinajstić information content (AvgIpc) is 2.82. The number of ether oxygens (including phenoxy) is 1. The Morgan fingerprint density at radius 3 is 2.24 bits per heavy atom. The minimum Gasteiger partial charge on any atom is -0.497 e. The van der Waals surface area contributed by atoms with Crippen LogP contribution in [0.4, 0.5) is 11.4 Å². The molecule has 1 aromatic heterocycles. The molecule has 0 spiro atoms. The van der Waals surface area contributed by atoms with Gasteiger partial charge >= 0.3 is 0 Å². The first-order chi connectivity index (χ1) is 15.9. The Labute approximate surface area is 199 Å². The van der Waals surface area contributed by atoms with Gasteiger partial charge in [-0.3, -0.25) is 13.9 Å². The molecule has 0 unspecified atom stereocenters. The number of para-hydroxylation sites is 1. The summed E-state index contributed by atoms with van der Waals surface area (Å²) in [4.78, 5) is 13.4. The maximum Gasteiger partial charge on any atom is 0.290 e. The molecule has 7 nitrogen and oxygen atoms in total. The highest BCUT2D eigenvalue weighted by Crippen LogP contribution is 2.32. The van der Waals surface area contributed by atoms with Crippen molar-refractivity contribution >= 4 is 35.2 Å². The predicted molar refractivity (Wildman–Crippen MR) is 131 cm³/mol. The molecule has 9 heteroatoms. The van der Waals surface area contributed by atoms with E-state index in [9.17, 15) is 9.90 Å². The van der Waals surface area contributed by atoms with E-state index in [1.807, 2.05) is 19.1 Å². The molecule has 0 saturated heterocycles. The van der Waals surface area contributed by atoms with Gasteiger partial charge in [-0.25, -0.2) is 0 Å². The lowest BCUT2D eigenvalue weighted by molar-refractivity contribution is 0.414. The Hall–Kier alpha value is -3.75. The van der Waals surface area contributed by atoms with E-state index in [1.54, 1.807) is 67.8 Å². The zero-order valence-electron chi connectivity index (χ0n) is 17.8. The van der Waals surface area contributed by atoms with Crippen LogP contribution in [0.1, 0.15) is 5.56 Å². The van der Waals surface area contributed by atoms with Gasteiger partial charge in [-0.05, 0) is 67.7 Å². The van der Waals surface area contributed by atoms with E-state index in [-0.39, 0.29) is 10.5 Å². The van der Waals surface area contributed by atoms with Gasteiger partial charge in [0, 0.05) is 0 Å². The molecule has 1 heterocycles. The summed E-state index contributed by atoms with van der Waals surface area (Å²) in [6, 6.07) is 20.9. The highest BCUT2D eigenvalue weighted by atomic mass is 35.5. The summed E-state index contributed by atoms with van der Waals surface area (Å²) in [6.45, 7) is 1.95. The van der Waals surface area contributed by atoms with Crippen LogP contribution in [0.3, 0.4) is 0 Å². The number of rotatable bonds is 5. The van der Waals surface area contributed by atoms with E-state index in [1.165, 1.54) is 9.13 Å². The third-order valence-corrected chi connectivity index (χ3v) is 5.62. The lowest BCUT2D eigenvalue weighted by Crippen LogP contribution is -2.23. The van der Waals surface area contributed by atoms with Gasteiger partial charge in [0.15, 0.2) is 4.77 Å². The Morgan fingerprint density at radius 1 is 0.939 bits per heavy atom. The molecule has 4 aromatic rings. The standard InChI is InChI=1S/C24H19ClN4O3S/c1-15-7-9-16(10-8-15)26-27-21-22(30)28(17-11-13-18(32-2)14-12-17)24(33)29(23(21)31)20-6-4-3-5-19(20)25/h3-14,31H,1-2H3. The highest BCUT2D eigenvalue weighted by molar-refractivity contribution is 7.71. The molecule has 0 aliphatic heterocycles. The minimum atomic E-state index is -0.623. The van der Waals surface area contributed by atoms with E-state index in [0.29, 0.717) is 27.8 Å². The monoisotopic (exact) mass is 478 g/mol. The van der Waals surface area contributed by atoms with E-state index in [0.717, 1.165) is 5.56 Å².